The predicted molar refractivity (Wildman–Crippen MR) is 91.1 cm³/mol. The van der Waals surface area contributed by atoms with Gasteiger partial charge in [0.25, 0.3) is 0 Å². The number of pyridine rings is 1. The van der Waals surface area contributed by atoms with Crippen LogP contribution in [0.2, 0.25) is 0 Å². The third-order valence-corrected chi connectivity index (χ3v) is 4.88. The maximum Gasteiger partial charge on any atom is 0.240 e. The summed E-state index contributed by atoms with van der Waals surface area (Å²) in [5, 5.41) is 0. The van der Waals surface area contributed by atoms with Crippen molar-refractivity contribution < 1.29 is 26.3 Å². The minimum absolute atomic E-state index is 0.116. The number of sulfonamides is 1. The Morgan fingerprint density at radius 3 is 2.44 bits per heavy atom. The lowest BCUT2D eigenvalue weighted by Crippen LogP contribution is -2.23. The average Bonchev–Trinajstić information content (AvgIpc) is 2.63. The second-order valence-electron chi connectivity index (χ2n) is 5.46. The Labute approximate surface area is 153 Å². The van der Waals surface area contributed by atoms with Crippen LogP contribution in [0.1, 0.15) is 5.56 Å². The molecular formula is C18H13F3N2O3S. The maximum atomic E-state index is 13.2. The number of rotatable bonds is 6. The topological polar surface area (TPSA) is 68.3 Å². The molecule has 0 bridgehead atoms. The van der Waals surface area contributed by atoms with Gasteiger partial charge < -0.3 is 4.74 Å². The summed E-state index contributed by atoms with van der Waals surface area (Å²) in [6.07, 6.45) is 1.38. The molecule has 0 unspecified atom stereocenters. The van der Waals surface area contributed by atoms with E-state index in [0.29, 0.717) is 11.6 Å². The van der Waals surface area contributed by atoms with Gasteiger partial charge in [0.1, 0.15) is 11.6 Å². The highest BCUT2D eigenvalue weighted by atomic mass is 32.2. The molecule has 3 aromatic rings. The number of halogens is 3. The first-order chi connectivity index (χ1) is 12.8. The molecule has 140 valence electrons. The number of nitrogens with one attached hydrogen (secondary N) is 1. The first kappa shape index (κ1) is 18.9. The quantitative estimate of drug-likeness (QED) is 0.691. The van der Waals surface area contributed by atoms with Crippen molar-refractivity contribution >= 4 is 10.0 Å². The summed E-state index contributed by atoms with van der Waals surface area (Å²) in [5.41, 5.74) is 0.507. The Morgan fingerprint density at radius 1 is 0.963 bits per heavy atom. The van der Waals surface area contributed by atoms with Gasteiger partial charge >= 0.3 is 0 Å². The molecule has 0 spiro atoms. The van der Waals surface area contributed by atoms with Crippen molar-refractivity contribution in [2.45, 2.75) is 11.4 Å². The van der Waals surface area contributed by atoms with Gasteiger partial charge in [-0.1, -0.05) is 12.1 Å². The molecule has 0 atom stereocenters. The molecule has 0 aliphatic carbocycles. The van der Waals surface area contributed by atoms with Gasteiger partial charge in [0.05, 0.1) is 4.90 Å². The largest absolute Gasteiger partial charge is 0.439 e. The summed E-state index contributed by atoms with van der Waals surface area (Å²) in [4.78, 5) is 3.63. The molecule has 0 saturated heterocycles. The summed E-state index contributed by atoms with van der Waals surface area (Å²) in [7, 11) is -4.02. The zero-order chi connectivity index (χ0) is 19.4. The van der Waals surface area contributed by atoms with E-state index in [1.807, 2.05) is 0 Å². The van der Waals surface area contributed by atoms with Crippen LogP contribution in [0.3, 0.4) is 0 Å². The van der Waals surface area contributed by atoms with Gasteiger partial charge in [0.2, 0.25) is 15.9 Å². The normalized spacial score (nSPS) is 11.4. The summed E-state index contributed by atoms with van der Waals surface area (Å²) in [5.74, 6) is -2.36. The molecule has 0 saturated carbocycles. The molecule has 0 fully saturated rings. The van der Waals surface area contributed by atoms with Gasteiger partial charge in [0.15, 0.2) is 11.6 Å². The third kappa shape index (κ3) is 4.83. The number of aromatic nitrogens is 1. The van der Waals surface area contributed by atoms with Gasteiger partial charge in [-0.05, 0) is 35.9 Å². The van der Waals surface area contributed by atoms with E-state index in [4.69, 9.17) is 4.74 Å². The number of benzene rings is 2. The Hall–Kier alpha value is -2.91. The van der Waals surface area contributed by atoms with E-state index in [2.05, 4.69) is 9.71 Å². The van der Waals surface area contributed by atoms with E-state index >= 15 is 0 Å². The van der Waals surface area contributed by atoms with Crippen molar-refractivity contribution in [3.8, 4) is 11.6 Å². The van der Waals surface area contributed by atoms with Crippen LogP contribution in [-0.2, 0) is 16.6 Å². The SMILES string of the molecule is O=S(=O)(NCc1ccc(Oc2cccc(F)c2)nc1)c1ccc(F)c(F)c1. The van der Waals surface area contributed by atoms with Crippen molar-refractivity contribution in [3.05, 3.63) is 83.8 Å². The molecule has 0 aliphatic heterocycles. The molecule has 9 heteroatoms. The molecular weight excluding hydrogens is 381 g/mol. The van der Waals surface area contributed by atoms with Crippen LogP contribution in [0.5, 0.6) is 11.6 Å². The molecule has 27 heavy (non-hydrogen) atoms. The highest BCUT2D eigenvalue weighted by molar-refractivity contribution is 7.89. The second-order valence-corrected chi connectivity index (χ2v) is 7.23. The Bertz CT molecular complexity index is 1060. The monoisotopic (exact) mass is 394 g/mol. The van der Waals surface area contributed by atoms with E-state index in [1.54, 1.807) is 12.1 Å². The number of hydrogen-bond donors (Lipinski definition) is 1. The Kier molecular flexibility index (Phi) is 5.43. The van der Waals surface area contributed by atoms with Crippen LogP contribution in [-0.4, -0.2) is 13.4 Å². The summed E-state index contributed by atoms with van der Waals surface area (Å²) < 4.78 is 71.2. The average molecular weight is 394 g/mol. The highest BCUT2D eigenvalue weighted by Gasteiger charge is 2.16. The molecule has 1 aromatic heterocycles. The molecule has 1 N–H and O–H groups in total. The number of ether oxygens (including phenoxy) is 1. The minimum Gasteiger partial charge on any atom is -0.439 e. The lowest BCUT2D eigenvalue weighted by atomic mass is 10.3. The fraction of sp³-hybridized carbons (Fsp3) is 0.0556. The van der Waals surface area contributed by atoms with E-state index in [9.17, 15) is 21.6 Å². The zero-order valence-electron chi connectivity index (χ0n) is 13.7. The first-order valence-corrected chi connectivity index (χ1v) is 9.15. The van der Waals surface area contributed by atoms with Crippen LogP contribution in [0.4, 0.5) is 13.2 Å². The van der Waals surface area contributed by atoms with E-state index < -0.39 is 27.5 Å². The molecule has 3 rings (SSSR count). The molecule has 2 aromatic carbocycles. The highest BCUT2D eigenvalue weighted by Crippen LogP contribution is 2.20. The smallest absolute Gasteiger partial charge is 0.240 e. The van der Waals surface area contributed by atoms with Gasteiger partial charge in [-0.15, -0.1) is 0 Å². The van der Waals surface area contributed by atoms with Gasteiger partial charge in [-0.2, -0.15) is 0 Å². The molecule has 0 amide bonds. The van der Waals surface area contributed by atoms with Crippen molar-refractivity contribution in [2.75, 3.05) is 0 Å². The van der Waals surface area contributed by atoms with Crippen molar-refractivity contribution in [2.24, 2.45) is 0 Å². The van der Waals surface area contributed by atoms with Gasteiger partial charge in [-0.25, -0.2) is 31.3 Å². The van der Waals surface area contributed by atoms with E-state index in [0.717, 1.165) is 12.1 Å². The Balaban J connectivity index is 1.65. The van der Waals surface area contributed by atoms with Crippen LogP contribution in [0.25, 0.3) is 0 Å². The summed E-state index contributed by atoms with van der Waals surface area (Å²) in [6, 6.07) is 10.9. The molecule has 1 heterocycles. The van der Waals surface area contributed by atoms with E-state index in [-0.39, 0.29) is 23.1 Å². The Morgan fingerprint density at radius 2 is 1.78 bits per heavy atom. The van der Waals surface area contributed by atoms with Crippen molar-refractivity contribution in [1.82, 2.24) is 9.71 Å². The van der Waals surface area contributed by atoms with Crippen LogP contribution >= 0.6 is 0 Å². The van der Waals surface area contributed by atoms with Crippen LogP contribution in [0.15, 0.2) is 65.7 Å². The predicted octanol–water partition coefficient (Wildman–Crippen LogP) is 3.77. The van der Waals surface area contributed by atoms with Crippen LogP contribution < -0.4 is 9.46 Å². The van der Waals surface area contributed by atoms with Crippen molar-refractivity contribution in [3.63, 3.8) is 0 Å². The molecule has 0 aliphatic rings. The number of hydrogen-bond acceptors (Lipinski definition) is 4. The van der Waals surface area contributed by atoms with Crippen LogP contribution in [0, 0.1) is 17.5 Å². The second kappa shape index (κ2) is 7.77. The minimum atomic E-state index is -4.02. The van der Waals surface area contributed by atoms with Gasteiger partial charge in [0, 0.05) is 24.9 Å². The van der Waals surface area contributed by atoms with E-state index in [1.165, 1.54) is 30.5 Å². The third-order valence-electron chi connectivity index (χ3n) is 3.48. The fourth-order valence-electron chi connectivity index (χ4n) is 2.13. The summed E-state index contributed by atoms with van der Waals surface area (Å²) in [6.45, 7) is -0.116. The number of nitrogens with zero attached hydrogens (tertiary/aromatic N) is 1. The summed E-state index contributed by atoms with van der Waals surface area (Å²) >= 11 is 0. The standard InChI is InChI=1S/C18H13F3N2O3S/c19-13-2-1-3-14(8-13)26-18-7-4-12(10-22-18)11-23-27(24,25)15-5-6-16(20)17(21)9-15/h1-10,23H,11H2. The first-order valence-electron chi connectivity index (χ1n) is 7.66. The lowest BCUT2D eigenvalue weighted by Gasteiger charge is -2.08. The fourth-order valence-corrected chi connectivity index (χ4v) is 3.16. The molecule has 0 radical (unpaired) electrons. The molecule has 5 nitrogen and oxygen atoms in total. The van der Waals surface area contributed by atoms with Gasteiger partial charge in [-0.3, -0.25) is 0 Å². The van der Waals surface area contributed by atoms with Crippen molar-refractivity contribution in [1.29, 1.82) is 0 Å². The zero-order valence-corrected chi connectivity index (χ0v) is 14.5. The lowest BCUT2D eigenvalue weighted by molar-refractivity contribution is 0.457. The maximum absolute atomic E-state index is 13.2.